The highest BCUT2D eigenvalue weighted by atomic mass is 32.1. The lowest BCUT2D eigenvalue weighted by molar-refractivity contribution is 0.797. The first-order chi connectivity index (χ1) is 9.81. The molecular weight excluding hydrogens is 266 g/mol. The maximum absolute atomic E-state index is 4.07. The number of imidazole rings is 1. The van der Waals surface area contributed by atoms with E-state index in [0.717, 1.165) is 18.8 Å². The van der Waals surface area contributed by atoms with Gasteiger partial charge in [0.1, 0.15) is 0 Å². The Bertz CT molecular complexity index is 671. The van der Waals surface area contributed by atoms with Crippen LogP contribution in [0, 0.1) is 6.92 Å². The molecular formula is C16H17N3S. The molecule has 2 heterocycles. The summed E-state index contributed by atoms with van der Waals surface area (Å²) < 4.78 is 2.07. The summed E-state index contributed by atoms with van der Waals surface area (Å²) in [5.41, 5.74) is 3.79. The van der Waals surface area contributed by atoms with E-state index in [9.17, 15) is 0 Å². The minimum absolute atomic E-state index is 0.855. The Morgan fingerprint density at radius 3 is 3.00 bits per heavy atom. The van der Waals surface area contributed by atoms with Crippen molar-refractivity contribution in [3.8, 4) is 0 Å². The molecule has 2 aromatic heterocycles. The van der Waals surface area contributed by atoms with Crippen molar-refractivity contribution in [1.82, 2.24) is 9.55 Å². The first-order valence-electron chi connectivity index (χ1n) is 6.63. The summed E-state index contributed by atoms with van der Waals surface area (Å²) in [6.07, 6.45) is 5.63. The Morgan fingerprint density at radius 1 is 1.30 bits per heavy atom. The molecule has 3 nitrogen and oxygen atoms in total. The molecule has 0 aliphatic carbocycles. The molecule has 1 N–H and O–H groups in total. The van der Waals surface area contributed by atoms with Crippen molar-refractivity contribution in [2.24, 2.45) is 0 Å². The van der Waals surface area contributed by atoms with Crippen molar-refractivity contribution in [3.05, 3.63) is 70.4 Å². The second kappa shape index (κ2) is 5.92. The first kappa shape index (κ1) is 12.9. The van der Waals surface area contributed by atoms with Crippen LogP contribution in [0.1, 0.15) is 16.0 Å². The highest BCUT2D eigenvalue weighted by molar-refractivity contribution is 7.10. The smallest absolute Gasteiger partial charge is 0.0949 e. The molecule has 20 heavy (non-hydrogen) atoms. The van der Waals surface area contributed by atoms with Gasteiger partial charge in [-0.1, -0.05) is 12.1 Å². The molecule has 1 aromatic carbocycles. The van der Waals surface area contributed by atoms with E-state index in [1.54, 1.807) is 11.3 Å². The molecule has 0 fully saturated rings. The van der Waals surface area contributed by atoms with Gasteiger partial charge >= 0.3 is 0 Å². The van der Waals surface area contributed by atoms with Crippen LogP contribution in [0.2, 0.25) is 0 Å². The monoisotopic (exact) mass is 283 g/mol. The Kier molecular flexibility index (Phi) is 3.83. The van der Waals surface area contributed by atoms with E-state index in [0.29, 0.717) is 0 Å². The van der Waals surface area contributed by atoms with E-state index in [2.05, 4.69) is 57.5 Å². The fourth-order valence-electron chi connectivity index (χ4n) is 2.14. The molecule has 4 heteroatoms. The minimum Gasteiger partial charge on any atom is -0.380 e. The van der Waals surface area contributed by atoms with Crippen LogP contribution in [0.4, 0.5) is 5.69 Å². The molecule has 0 amide bonds. The highest BCUT2D eigenvalue weighted by Crippen LogP contribution is 2.18. The third-order valence-electron chi connectivity index (χ3n) is 3.27. The number of thiophene rings is 1. The number of hydrogen-bond donors (Lipinski definition) is 1. The van der Waals surface area contributed by atoms with Crippen LogP contribution in [0.5, 0.6) is 0 Å². The van der Waals surface area contributed by atoms with Crippen LogP contribution in [-0.4, -0.2) is 9.55 Å². The third kappa shape index (κ3) is 3.08. The largest absolute Gasteiger partial charge is 0.380 e. The van der Waals surface area contributed by atoms with E-state index >= 15 is 0 Å². The van der Waals surface area contributed by atoms with E-state index in [4.69, 9.17) is 0 Å². The number of anilines is 1. The van der Waals surface area contributed by atoms with Gasteiger partial charge in [-0.15, -0.1) is 11.3 Å². The lowest BCUT2D eigenvalue weighted by atomic mass is 10.2. The molecule has 0 aliphatic heterocycles. The second-order valence-corrected chi connectivity index (χ2v) is 5.82. The quantitative estimate of drug-likeness (QED) is 0.769. The number of nitrogens with one attached hydrogen (secondary N) is 1. The van der Waals surface area contributed by atoms with E-state index in [1.165, 1.54) is 16.0 Å². The van der Waals surface area contributed by atoms with Gasteiger partial charge in [-0.3, -0.25) is 0 Å². The summed E-state index contributed by atoms with van der Waals surface area (Å²) in [7, 11) is 0. The van der Waals surface area contributed by atoms with Crippen LogP contribution in [0.15, 0.2) is 54.4 Å². The van der Waals surface area contributed by atoms with Gasteiger partial charge in [-0.2, -0.15) is 0 Å². The predicted molar refractivity (Wildman–Crippen MR) is 84.2 cm³/mol. The number of nitrogens with zero attached hydrogens (tertiary/aromatic N) is 2. The lowest BCUT2D eigenvalue weighted by Gasteiger charge is -2.08. The second-order valence-electron chi connectivity index (χ2n) is 4.82. The van der Waals surface area contributed by atoms with Gasteiger partial charge in [-0.05, 0) is 41.6 Å². The zero-order chi connectivity index (χ0) is 13.8. The number of rotatable bonds is 5. The molecule has 102 valence electrons. The van der Waals surface area contributed by atoms with Gasteiger partial charge in [0.15, 0.2) is 0 Å². The normalized spacial score (nSPS) is 10.7. The van der Waals surface area contributed by atoms with Gasteiger partial charge in [-0.25, -0.2) is 4.98 Å². The Balaban J connectivity index is 1.67. The van der Waals surface area contributed by atoms with Crippen LogP contribution in [0.3, 0.4) is 0 Å². The third-order valence-corrected chi connectivity index (χ3v) is 4.30. The standard InChI is InChI=1S/C16H17N3S/c1-13-5-8-20-16(13)10-18-15-4-2-3-14(9-15)11-19-7-6-17-12-19/h2-9,12,18H,10-11H2,1H3. The first-order valence-corrected chi connectivity index (χ1v) is 7.51. The van der Waals surface area contributed by atoms with Crippen molar-refractivity contribution in [1.29, 1.82) is 0 Å². The summed E-state index contributed by atoms with van der Waals surface area (Å²) in [5, 5.41) is 5.63. The fourth-order valence-corrected chi connectivity index (χ4v) is 2.98. The van der Waals surface area contributed by atoms with Crippen LogP contribution >= 0.6 is 11.3 Å². The zero-order valence-electron chi connectivity index (χ0n) is 11.4. The highest BCUT2D eigenvalue weighted by Gasteiger charge is 2.01. The van der Waals surface area contributed by atoms with Crippen molar-refractivity contribution < 1.29 is 0 Å². The molecule has 0 unspecified atom stereocenters. The van der Waals surface area contributed by atoms with Crippen molar-refractivity contribution in [3.63, 3.8) is 0 Å². The average molecular weight is 283 g/mol. The molecule has 0 bridgehead atoms. The number of aryl methyl sites for hydroxylation is 1. The lowest BCUT2D eigenvalue weighted by Crippen LogP contribution is -2.01. The maximum atomic E-state index is 4.07. The summed E-state index contributed by atoms with van der Waals surface area (Å²) in [5.74, 6) is 0. The number of benzene rings is 1. The van der Waals surface area contributed by atoms with Crippen molar-refractivity contribution in [2.75, 3.05) is 5.32 Å². The summed E-state index contributed by atoms with van der Waals surface area (Å²) >= 11 is 1.80. The van der Waals surface area contributed by atoms with Gasteiger partial charge in [0.2, 0.25) is 0 Å². The molecule has 0 aliphatic rings. The Morgan fingerprint density at radius 2 is 2.25 bits per heavy atom. The van der Waals surface area contributed by atoms with Gasteiger partial charge in [0.25, 0.3) is 0 Å². The zero-order valence-corrected chi connectivity index (χ0v) is 12.2. The molecule has 0 spiro atoms. The number of hydrogen-bond acceptors (Lipinski definition) is 3. The topological polar surface area (TPSA) is 29.9 Å². The average Bonchev–Trinajstić information content (AvgIpc) is 3.09. The predicted octanol–water partition coefficient (Wildman–Crippen LogP) is 3.91. The molecule has 0 radical (unpaired) electrons. The SMILES string of the molecule is Cc1ccsc1CNc1cccc(Cn2ccnc2)c1. The van der Waals surface area contributed by atoms with Crippen molar-refractivity contribution >= 4 is 17.0 Å². The maximum Gasteiger partial charge on any atom is 0.0949 e. The van der Waals surface area contributed by atoms with Crippen LogP contribution in [0.25, 0.3) is 0 Å². The van der Waals surface area contributed by atoms with E-state index in [-0.39, 0.29) is 0 Å². The summed E-state index contributed by atoms with van der Waals surface area (Å²) in [6, 6.07) is 10.7. The van der Waals surface area contributed by atoms with E-state index in [1.807, 2.05) is 18.7 Å². The molecule has 3 rings (SSSR count). The molecule has 0 saturated heterocycles. The summed E-state index contributed by atoms with van der Waals surface area (Å²) in [6.45, 7) is 3.90. The number of aromatic nitrogens is 2. The van der Waals surface area contributed by atoms with E-state index < -0.39 is 0 Å². The fraction of sp³-hybridized carbons (Fsp3) is 0.188. The van der Waals surface area contributed by atoms with Gasteiger partial charge in [0.05, 0.1) is 6.33 Å². The minimum atomic E-state index is 0.855. The van der Waals surface area contributed by atoms with Crippen LogP contribution in [-0.2, 0) is 13.1 Å². The van der Waals surface area contributed by atoms with Gasteiger partial charge in [0, 0.05) is 36.0 Å². The molecule has 0 saturated carbocycles. The Hall–Kier alpha value is -2.07. The molecule has 0 atom stereocenters. The van der Waals surface area contributed by atoms with Crippen molar-refractivity contribution in [2.45, 2.75) is 20.0 Å². The molecule has 3 aromatic rings. The Labute approximate surface area is 122 Å². The van der Waals surface area contributed by atoms with Gasteiger partial charge < -0.3 is 9.88 Å². The van der Waals surface area contributed by atoms with Crippen LogP contribution < -0.4 is 5.32 Å². The summed E-state index contributed by atoms with van der Waals surface area (Å²) in [4.78, 5) is 5.46.